The molecule has 0 spiro atoms. The summed E-state index contributed by atoms with van der Waals surface area (Å²) in [6.07, 6.45) is 1.44. The van der Waals surface area contributed by atoms with Gasteiger partial charge in [-0.2, -0.15) is 0 Å². The van der Waals surface area contributed by atoms with E-state index in [9.17, 15) is 4.79 Å². The molecule has 2 N–H and O–H groups in total. The van der Waals surface area contributed by atoms with Gasteiger partial charge in [-0.1, -0.05) is 12.1 Å². The third-order valence-corrected chi connectivity index (χ3v) is 3.10. The maximum Gasteiger partial charge on any atom is 0.262 e. The van der Waals surface area contributed by atoms with Gasteiger partial charge in [0.2, 0.25) is 5.95 Å². The monoisotopic (exact) mass is 305 g/mol. The lowest BCUT2D eigenvalue weighted by Gasteiger charge is -1.98. The van der Waals surface area contributed by atoms with Crippen molar-refractivity contribution < 1.29 is 9.21 Å². The lowest BCUT2D eigenvalue weighted by molar-refractivity contribution is 0.102. The number of fused-ring (bicyclic) bond motifs is 1. The number of anilines is 1. The van der Waals surface area contributed by atoms with Gasteiger partial charge in [-0.15, -0.1) is 0 Å². The minimum atomic E-state index is -0.283. The molecule has 1 aromatic carbocycles. The van der Waals surface area contributed by atoms with Crippen LogP contribution in [0.4, 0.5) is 5.95 Å². The summed E-state index contributed by atoms with van der Waals surface area (Å²) in [6.45, 7) is 0. The van der Waals surface area contributed by atoms with Crippen LogP contribution in [0.15, 0.2) is 45.7 Å². The number of aromatic amines is 1. The SMILES string of the molecule is O=C(Nc1nc2ccccc2[nH]1)c1ccoc1Br. The number of rotatable bonds is 2. The Morgan fingerprint density at radius 3 is 2.89 bits per heavy atom. The van der Waals surface area contributed by atoms with Crippen LogP contribution in [0.3, 0.4) is 0 Å². The van der Waals surface area contributed by atoms with Gasteiger partial charge in [0, 0.05) is 0 Å². The van der Waals surface area contributed by atoms with Crippen molar-refractivity contribution in [2.24, 2.45) is 0 Å². The van der Waals surface area contributed by atoms with Crippen molar-refractivity contribution in [1.82, 2.24) is 9.97 Å². The topological polar surface area (TPSA) is 70.9 Å². The molecular weight excluding hydrogens is 298 g/mol. The van der Waals surface area contributed by atoms with E-state index in [0.717, 1.165) is 11.0 Å². The fourth-order valence-corrected chi connectivity index (χ4v) is 2.06. The first-order valence-electron chi connectivity index (χ1n) is 5.23. The molecule has 0 saturated carbocycles. The number of amides is 1. The van der Waals surface area contributed by atoms with Gasteiger partial charge in [-0.05, 0) is 34.1 Å². The Morgan fingerprint density at radius 2 is 2.17 bits per heavy atom. The number of nitrogens with zero attached hydrogens (tertiary/aromatic N) is 1. The van der Waals surface area contributed by atoms with Crippen LogP contribution in [0, 0.1) is 0 Å². The minimum absolute atomic E-state index is 0.283. The number of nitrogens with one attached hydrogen (secondary N) is 2. The Labute approximate surface area is 110 Å². The normalized spacial score (nSPS) is 10.7. The van der Waals surface area contributed by atoms with Crippen molar-refractivity contribution in [3.8, 4) is 0 Å². The van der Waals surface area contributed by atoms with Gasteiger partial charge in [0.05, 0.1) is 22.9 Å². The molecule has 3 aromatic rings. The van der Waals surface area contributed by atoms with E-state index in [1.54, 1.807) is 6.07 Å². The smallest absolute Gasteiger partial charge is 0.262 e. The summed E-state index contributed by atoms with van der Waals surface area (Å²) < 4.78 is 5.41. The highest BCUT2D eigenvalue weighted by molar-refractivity contribution is 9.10. The molecule has 6 heteroatoms. The molecule has 90 valence electrons. The summed E-state index contributed by atoms with van der Waals surface area (Å²) in [5.74, 6) is 0.129. The number of carbonyl (C=O) groups is 1. The highest BCUT2D eigenvalue weighted by Crippen LogP contribution is 2.19. The first-order chi connectivity index (χ1) is 8.74. The first-order valence-corrected chi connectivity index (χ1v) is 6.02. The fraction of sp³-hybridized carbons (Fsp3) is 0. The number of furan rings is 1. The molecule has 0 bridgehead atoms. The summed E-state index contributed by atoms with van der Waals surface area (Å²) in [5.41, 5.74) is 2.11. The number of aromatic nitrogens is 2. The van der Waals surface area contributed by atoms with Gasteiger partial charge < -0.3 is 9.40 Å². The molecule has 18 heavy (non-hydrogen) atoms. The van der Waals surface area contributed by atoms with Crippen LogP contribution in [0.1, 0.15) is 10.4 Å². The summed E-state index contributed by atoms with van der Waals surface area (Å²) >= 11 is 3.16. The Balaban J connectivity index is 1.88. The zero-order valence-electron chi connectivity index (χ0n) is 9.11. The van der Waals surface area contributed by atoms with E-state index < -0.39 is 0 Å². The summed E-state index contributed by atoms with van der Waals surface area (Å²) in [7, 11) is 0. The van der Waals surface area contributed by atoms with E-state index in [-0.39, 0.29) is 5.91 Å². The van der Waals surface area contributed by atoms with Gasteiger partial charge >= 0.3 is 0 Å². The number of carbonyl (C=O) groups excluding carboxylic acids is 1. The van der Waals surface area contributed by atoms with Crippen molar-refractivity contribution in [1.29, 1.82) is 0 Å². The van der Waals surface area contributed by atoms with Crippen molar-refractivity contribution in [3.05, 3.63) is 46.8 Å². The molecular formula is C12H8BrN3O2. The molecule has 0 aliphatic carbocycles. The van der Waals surface area contributed by atoms with E-state index in [2.05, 4.69) is 31.2 Å². The average molecular weight is 306 g/mol. The van der Waals surface area contributed by atoms with Crippen molar-refractivity contribution in [2.45, 2.75) is 0 Å². The van der Waals surface area contributed by atoms with Crippen molar-refractivity contribution >= 4 is 38.8 Å². The maximum absolute atomic E-state index is 11.9. The van der Waals surface area contributed by atoms with Gasteiger partial charge in [-0.3, -0.25) is 10.1 Å². The van der Waals surface area contributed by atoms with E-state index in [0.29, 0.717) is 16.2 Å². The number of H-pyrrole nitrogens is 1. The Kier molecular flexibility index (Phi) is 2.64. The zero-order valence-corrected chi connectivity index (χ0v) is 10.7. The molecule has 0 fully saturated rings. The number of hydrogen-bond donors (Lipinski definition) is 2. The number of hydrogen-bond acceptors (Lipinski definition) is 3. The summed E-state index contributed by atoms with van der Waals surface area (Å²) in [6, 6.07) is 9.14. The number of para-hydroxylation sites is 2. The third-order valence-electron chi connectivity index (χ3n) is 2.48. The quantitative estimate of drug-likeness (QED) is 0.764. The zero-order chi connectivity index (χ0) is 12.5. The molecule has 0 aliphatic heterocycles. The second kappa shape index (κ2) is 4.30. The van der Waals surface area contributed by atoms with Gasteiger partial charge in [0.15, 0.2) is 4.67 Å². The molecule has 0 unspecified atom stereocenters. The molecule has 2 heterocycles. The number of halogens is 1. The highest BCUT2D eigenvalue weighted by Gasteiger charge is 2.14. The number of imidazole rings is 1. The highest BCUT2D eigenvalue weighted by atomic mass is 79.9. The lowest BCUT2D eigenvalue weighted by Crippen LogP contribution is -2.12. The second-order valence-corrected chi connectivity index (χ2v) is 4.38. The maximum atomic E-state index is 11.9. The largest absolute Gasteiger partial charge is 0.457 e. The predicted molar refractivity (Wildman–Crippen MR) is 70.5 cm³/mol. The van der Waals surface area contributed by atoms with Crippen LogP contribution >= 0.6 is 15.9 Å². The average Bonchev–Trinajstić information content (AvgIpc) is 2.94. The van der Waals surface area contributed by atoms with E-state index in [4.69, 9.17) is 4.42 Å². The van der Waals surface area contributed by atoms with Gasteiger partial charge in [-0.25, -0.2) is 4.98 Å². The standard InChI is InChI=1S/C12H8BrN3O2/c13-10-7(5-6-18-10)11(17)16-12-14-8-3-1-2-4-9(8)15-12/h1-6H,(H2,14,15,16,17). The minimum Gasteiger partial charge on any atom is -0.457 e. The van der Waals surface area contributed by atoms with Crippen molar-refractivity contribution in [3.63, 3.8) is 0 Å². The van der Waals surface area contributed by atoms with E-state index in [1.165, 1.54) is 6.26 Å². The molecule has 5 nitrogen and oxygen atoms in total. The molecule has 0 atom stereocenters. The molecule has 0 radical (unpaired) electrons. The predicted octanol–water partition coefficient (Wildman–Crippen LogP) is 3.17. The second-order valence-electron chi connectivity index (χ2n) is 3.66. The van der Waals surface area contributed by atoms with Crippen LogP contribution in [-0.2, 0) is 0 Å². The van der Waals surface area contributed by atoms with Crippen LogP contribution in [0.5, 0.6) is 0 Å². The molecule has 3 rings (SSSR count). The van der Waals surface area contributed by atoms with Crippen LogP contribution in [0.25, 0.3) is 11.0 Å². The molecule has 0 saturated heterocycles. The first kappa shape index (κ1) is 11.0. The molecule has 2 aromatic heterocycles. The fourth-order valence-electron chi connectivity index (χ4n) is 1.64. The van der Waals surface area contributed by atoms with E-state index >= 15 is 0 Å². The van der Waals surface area contributed by atoms with Crippen molar-refractivity contribution in [2.75, 3.05) is 5.32 Å². The van der Waals surface area contributed by atoms with E-state index in [1.807, 2.05) is 24.3 Å². The van der Waals surface area contributed by atoms with Crippen LogP contribution in [0.2, 0.25) is 0 Å². The molecule has 0 aliphatic rings. The third kappa shape index (κ3) is 1.91. The Hall–Kier alpha value is -2.08. The summed E-state index contributed by atoms with van der Waals surface area (Å²) in [5, 5.41) is 2.68. The Bertz CT molecular complexity index is 684. The molecule has 1 amide bonds. The summed E-state index contributed by atoms with van der Waals surface area (Å²) in [4.78, 5) is 19.2. The lowest BCUT2D eigenvalue weighted by atomic mass is 10.3. The van der Waals surface area contributed by atoms with Gasteiger partial charge in [0.25, 0.3) is 5.91 Å². The van der Waals surface area contributed by atoms with Crippen LogP contribution < -0.4 is 5.32 Å². The van der Waals surface area contributed by atoms with Crippen LogP contribution in [-0.4, -0.2) is 15.9 Å². The number of benzene rings is 1. The Morgan fingerprint density at radius 1 is 1.33 bits per heavy atom. The van der Waals surface area contributed by atoms with Gasteiger partial charge in [0.1, 0.15) is 0 Å².